The molecule has 0 amide bonds. The average molecular weight is 219 g/mol. The van der Waals surface area contributed by atoms with Gasteiger partial charge in [-0.1, -0.05) is 20.8 Å². The van der Waals surface area contributed by atoms with E-state index in [1.807, 2.05) is 6.92 Å². The van der Waals surface area contributed by atoms with Crippen molar-refractivity contribution in [2.24, 2.45) is 16.7 Å². The van der Waals surface area contributed by atoms with Crippen LogP contribution >= 0.6 is 11.6 Å². The number of alkyl halides is 1. The molecule has 2 aliphatic rings. The van der Waals surface area contributed by atoms with E-state index in [2.05, 4.69) is 13.8 Å². The van der Waals surface area contributed by atoms with Gasteiger partial charge in [0.2, 0.25) is 0 Å². The molecule has 2 aliphatic carbocycles. The van der Waals surface area contributed by atoms with Crippen LogP contribution in [0.4, 0.5) is 0 Å². The highest BCUT2D eigenvalue weighted by Gasteiger charge is 2.68. The lowest BCUT2D eigenvalue weighted by Crippen LogP contribution is -2.51. The van der Waals surface area contributed by atoms with Gasteiger partial charge in [-0.3, -0.25) is 0 Å². The predicted molar refractivity (Wildman–Crippen MR) is 54.8 cm³/mol. The lowest BCUT2D eigenvalue weighted by atomic mass is 9.69. The normalized spacial score (nSPS) is 50.4. The van der Waals surface area contributed by atoms with Gasteiger partial charge in [0.05, 0.1) is 0 Å². The third kappa shape index (κ3) is 0.896. The first-order valence-corrected chi connectivity index (χ1v) is 5.49. The van der Waals surface area contributed by atoms with Gasteiger partial charge in [0.15, 0.2) is 0 Å². The van der Waals surface area contributed by atoms with Crippen LogP contribution in [0.5, 0.6) is 0 Å². The quantitative estimate of drug-likeness (QED) is 0.418. The third-order valence-electron chi connectivity index (χ3n) is 5.10. The molecule has 0 spiro atoms. The Morgan fingerprint density at radius 1 is 1.43 bits per heavy atom. The molecule has 2 saturated carbocycles. The van der Waals surface area contributed by atoms with Crippen molar-refractivity contribution in [3.63, 3.8) is 0 Å². The van der Waals surface area contributed by atoms with Gasteiger partial charge in [-0.2, -0.15) is 0 Å². The van der Waals surface area contributed by atoms with Crippen molar-refractivity contribution in [3.8, 4) is 0 Å². The second-order valence-corrected chi connectivity index (χ2v) is 6.15. The number of hydrogen-bond acceptors (Lipinski definition) is 3. The van der Waals surface area contributed by atoms with Gasteiger partial charge in [-0.25, -0.2) is 5.23 Å². The molecule has 82 valence electrons. The molecule has 0 aromatic rings. The van der Waals surface area contributed by atoms with Gasteiger partial charge in [-0.05, 0) is 30.6 Å². The van der Waals surface area contributed by atoms with Crippen molar-refractivity contribution in [1.82, 2.24) is 5.23 Å². The molecule has 2 rings (SSSR count). The first kappa shape index (κ1) is 10.7. The van der Waals surface area contributed by atoms with Gasteiger partial charge in [0.25, 0.3) is 0 Å². The number of halogens is 1. The largest absolute Gasteiger partial charge is 0.761 e. The minimum Gasteiger partial charge on any atom is -0.761 e. The molecule has 0 aromatic carbocycles. The summed E-state index contributed by atoms with van der Waals surface area (Å²) in [7, 11) is 0. The zero-order chi connectivity index (χ0) is 10.8. The Morgan fingerprint density at radius 3 is 2.21 bits per heavy atom. The van der Waals surface area contributed by atoms with Crippen LogP contribution in [-0.2, 0) is 0 Å². The number of hydroxylamine groups is 2. The van der Waals surface area contributed by atoms with Crippen LogP contribution in [0.2, 0.25) is 0 Å². The van der Waals surface area contributed by atoms with E-state index in [4.69, 9.17) is 11.6 Å². The summed E-state index contributed by atoms with van der Waals surface area (Å²) in [6, 6.07) is 0. The molecule has 2 fully saturated rings. The lowest BCUT2D eigenvalue weighted by Gasteiger charge is -2.50. The highest BCUT2D eigenvalue weighted by molar-refractivity contribution is 6.24. The van der Waals surface area contributed by atoms with Crippen molar-refractivity contribution in [1.29, 1.82) is 0 Å². The van der Waals surface area contributed by atoms with Crippen LogP contribution in [0, 0.1) is 22.0 Å². The van der Waals surface area contributed by atoms with E-state index < -0.39 is 5.00 Å². The first-order valence-electron chi connectivity index (χ1n) is 5.11. The summed E-state index contributed by atoms with van der Waals surface area (Å²) in [5.41, 5.74) is -0.247. The zero-order valence-corrected chi connectivity index (χ0v) is 9.64. The minimum atomic E-state index is -1.11. The first-order chi connectivity index (χ1) is 6.26. The van der Waals surface area contributed by atoms with Crippen LogP contribution in [0.3, 0.4) is 0 Å². The van der Waals surface area contributed by atoms with E-state index in [1.54, 1.807) is 0 Å². The number of fused-ring (bicyclic) bond motifs is 2. The molecule has 1 N–H and O–H groups in total. The topological polar surface area (TPSA) is 46.5 Å². The van der Waals surface area contributed by atoms with Crippen molar-refractivity contribution in [2.45, 2.75) is 45.0 Å². The fourth-order valence-electron chi connectivity index (χ4n) is 3.48. The van der Waals surface area contributed by atoms with E-state index in [1.165, 1.54) is 0 Å². The summed E-state index contributed by atoms with van der Waals surface area (Å²) in [5, 5.41) is 20.3. The van der Waals surface area contributed by atoms with Gasteiger partial charge >= 0.3 is 0 Å². The molecule has 0 radical (unpaired) electrons. The molecular weight excluding hydrogens is 202 g/mol. The van der Waals surface area contributed by atoms with Gasteiger partial charge in [0.1, 0.15) is 5.00 Å². The Bertz CT molecular complexity index is 269. The maximum absolute atomic E-state index is 11.2. The van der Waals surface area contributed by atoms with Crippen molar-refractivity contribution < 1.29 is 5.21 Å². The summed E-state index contributed by atoms with van der Waals surface area (Å²) in [6.07, 6.45) is 2.64. The smallest absolute Gasteiger partial charge is 0.112 e. The summed E-state index contributed by atoms with van der Waals surface area (Å²) >= 11 is 6.29. The summed E-state index contributed by atoms with van der Waals surface area (Å²) < 4.78 is 0. The molecule has 0 aliphatic heterocycles. The molecule has 14 heavy (non-hydrogen) atoms. The third-order valence-corrected chi connectivity index (χ3v) is 5.82. The Balaban J connectivity index is 2.45. The Morgan fingerprint density at radius 2 is 2.00 bits per heavy atom. The Labute approximate surface area is 89.6 Å². The molecule has 0 aromatic heterocycles. The molecule has 0 saturated heterocycles. The van der Waals surface area contributed by atoms with E-state index >= 15 is 0 Å². The number of nitrogens with zero attached hydrogens (tertiary/aromatic N) is 1. The molecule has 0 heterocycles. The van der Waals surface area contributed by atoms with Crippen molar-refractivity contribution in [2.75, 3.05) is 0 Å². The average Bonchev–Trinajstić information content (AvgIpc) is 2.36. The molecule has 3 nitrogen and oxygen atoms in total. The standard InChI is InChI=1S/C10H17ClNO2/c1-8(2)7-4-5-9(8,3)10(11,6-7)12(13)14/h7,13H,4-6H2,1-3H3/q-1. The van der Waals surface area contributed by atoms with Gasteiger partial charge in [0, 0.05) is 5.41 Å². The molecule has 3 unspecified atom stereocenters. The number of rotatable bonds is 1. The van der Waals surface area contributed by atoms with Crippen LogP contribution in [0.1, 0.15) is 40.0 Å². The molecule has 2 bridgehead atoms. The van der Waals surface area contributed by atoms with E-state index in [0.717, 1.165) is 12.8 Å². The van der Waals surface area contributed by atoms with E-state index in [-0.39, 0.29) is 16.1 Å². The van der Waals surface area contributed by atoms with E-state index in [0.29, 0.717) is 12.3 Å². The monoisotopic (exact) mass is 218 g/mol. The summed E-state index contributed by atoms with van der Waals surface area (Å²) in [4.78, 5) is -1.11. The Kier molecular flexibility index (Phi) is 2.02. The minimum absolute atomic E-state index is 0.0184. The zero-order valence-electron chi connectivity index (χ0n) is 8.88. The highest BCUT2D eigenvalue weighted by Crippen LogP contribution is 2.72. The van der Waals surface area contributed by atoms with Gasteiger partial charge in [-0.15, -0.1) is 11.6 Å². The second kappa shape index (κ2) is 2.64. The van der Waals surface area contributed by atoms with E-state index in [9.17, 15) is 10.4 Å². The van der Waals surface area contributed by atoms with Crippen LogP contribution in [0.15, 0.2) is 0 Å². The molecule has 4 heteroatoms. The SMILES string of the molecule is CC1(C)C2CCC1(C)C(Cl)(N([O-])O)C2. The van der Waals surface area contributed by atoms with Crippen molar-refractivity contribution >= 4 is 11.6 Å². The maximum atomic E-state index is 11.2. The lowest BCUT2D eigenvalue weighted by molar-refractivity contribution is -0.144. The predicted octanol–water partition coefficient (Wildman–Crippen LogP) is 2.96. The fourth-order valence-corrected chi connectivity index (χ4v) is 4.00. The fraction of sp³-hybridized carbons (Fsp3) is 1.00. The number of hydrogen-bond donors (Lipinski definition) is 1. The maximum Gasteiger partial charge on any atom is 0.112 e. The van der Waals surface area contributed by atoms with Crippen molar-refractivity contribution in [3.05, 3.63) is 5.21 Å². The highest BCUT2D eigenvalue weighted by atomic mass is 35.5. The Hall–Kier alpha value is 0.170. The molecule has 3 atom stereocenters. The van der Waals surface area contributed by atoms with Crippen LogP contribution < -0.4 is 0 Å². The molecular formula is C10H17ClNO2-. The van der Waals surface area contributed by atoms with Gasteiger partial charge < -0.3 is 10.4 Å². The summed E-state index contributed by atoms with van der Waals surface area (Å²) in [5.74, 6) is 0.452. The summed E-state index contributed by atoms with van der Waals surface area (Å²) in [6.45, 7) is 6.32. The second-order valence-electron chi connectivity index (χ2n) is 5.53. The van der Waals surface area contributed by atoms with Crippen LogP contribution in [-0.4, -0.2) is 15.4 Å². The van der Waals surface area contributed by atoms with Crippen LogP contribution in [0.25, 0.3) is 0 Å².